The lowest BCUT2D eigenvalue weighted by Crippen LogP contribution is -2.33. The summed E-state index contributed by atoms with van der Waals surface area (Å²) in [6, 6.07) is 5.84. The first-order valence-electron chi connectivity index (χ1n) is 9.52. The number of nitrogens with one attached hydrogen (secondary N) is 2. The van der Waals surface area contributed by atoms with Gasteiger partial charge in [0, 0.05) is 30.1 Å². The minimum atomic E-state index is -0.0544. The average Bonchev–Trinajstić information content (AvgIpc) is 3.42. The van der Waals surface area contributed by atoms with Crippen molar-refractivity contribution in [2.45, 2.75) is 38.8 Å². The third kappa shape index (κ3) is 3.79. The predicted molar refractivity (Wildman–Crippen MR) is 104 cm³/mol. The zero-order valence-electron chi connectivity index (χ0n) is 16.0. The van der Waals surface area contributed by atoms with Gasteiger partial charge in [-0.25, -0.2) is 9.67 Å². The van der Waals surface area contributed by atoms with Crippen LogP contribution in [0.1, 0.15) is 44.6 Å². The number of rotatable bonds is 6. The van der Waals surface area contributed by atoms with Crippen molar-refractivity contribution in [3.8, 4) is 11.4 Å². The van der Waals surface area contributed by atoms with Gasteiger partial charge in [-0.05, 0) is 45.4 Å². The van der Waals surface area contributed by atoms with E-state index in [0.29, 0.717) is 18.2 Å². The number of hydrogen-bond acceptors (Lipinski definition) is 6. The third-order valence-electron chi connectivity index (χ3n) is 4.88. The van der Waals surface area contributed by atoms with Gasteiger partial charge in [-0.15, -0.1) is 0 Å². The van der Waals surface area contributed by atoms with Crippen LogP contribution in [0.5, 0.6) is 0 Å². The van der Waals surface area contributed by atoms with E-state index in [1.54, 1.807) is 23.3 Å². The molecule has 0 aliphatic carbocycles. The Morgan fingerprint density at radius 3 is 3.04 bits per heavy atom. The van der Waals surface area contributed by atoms with E-state index in [1.807, 2.05) is 32.0 Å². The Morgan fingerprint density at radius 1 is 1.36 bits per heavy atom. The van der Waals surface area contributed by atoms with Crippen LogP contribution in [0.3, 0.4) is 0 Å². The Balaban J connectivity index is 1.43. The third-order valence-corrected chi connectivity index (χ3v) is 4.88. The molecule has 1 atom stereocenters. The Labute approximate surface area is 163 Å². The second-order valence-electron chi connectivity index (χ2n) is 7.22. The molecule has 4 heterocycles. The van der Waals surface area contributed by atoms with Gasteiger partial charge in [0.15, 0.2) is 5.82 Å². The predicted octanol–water partition coefficient (Wildman–Crippen LogP) is 2.42. The maximum absolute atomic E-state index is 12.6. The summed E-state index contributed by atoms with van der Waals surface area (Å²) >= 11 is 0. The SMILES string of the molecule is CC(C)n1nccc1NC(=O)CN1CCCC1c1nc(-c2cccnc2)n[nH]1. The molecule has 146 valence electrons. The van der Waals surface area contributed by atoms with Crippen LogP contribution in [0.15, 0.2) is 36.8 Å². The van der Waals surface area contributed by atoms with Crippen LogP contribution >= 0.6 is 0 Å². The van der Waals surface area contributed by atoms with E-state index in [0.717, 1.165) is 30.8 Å². The fourth-order valence-corrected chi connectivity index (χ4v) is 3.56. The zero-order valence-corrected chi connectivity index (χ0v) is 16.0. The van der Waals surface area contributed by atoms with Crippen molar-refractivity contribution in [1.29, 1.82) is 0 Å². The molecular formula is C19H24N8O. The molecule has 0 spiro atoms. The van der Waals surface area contributed by atoms with Crippen molar-refractivity contribution in [2.75, 3.05) is 18.4 Å². The average molecular weight is 380 g/mol. The summed E-state index contributed by atoms with van der Waals surface area (Å²) in [5.41, 5.74) is 0.870. The van der Waals surface area contributed by atoms with E-state index in [9.17, 15) is 4.79 Å². The molecule has 9 heteroatoms. The second-order valence-corrected chi connectivity index (χ2v) is 7.22. The summed E-state index contributed by atoms with van der Waals surface area (Å²) in [4.78, 5) is 23.5. The molecule has 4 rings (SSSR count). The molecule has 1 saturated heterocycles. The maximum Gasteiger partial charge on any atom is 0.239 e. The molecule has 1 aliphatic heterocycles. The van der Waals surface area contributed by atoms with E-state index in [1.165, 1.54) is 0 Å². The van der Waals surface area contributed by atoms with Gasteiger partial charge in [0.1, 0.15) is 11.6 Å². The Hall–Kier alpha value is -3.07. The molecule has 1 fully saturated rings. The number of anilines is 1. The lowest BCUT2D eigenvalue weighted by Gasteiger charge is -2.22. The lowest BCUT2D eigenvalue weighted by atomic mass is 10.2. The molecule has 0 bridgehead atoms. The van der Waals surface area contributed by atoms with Crippen molar-refractivity contribution in [3.05, 3.63) is 42.6 Å². The van der Waals surface area contributed by atoms with E-state index in [4.69, 9.17) is 0 Å². The van der Waals surface area contributed by atoms with Crippen LogP contribution in [-0.2, 0) is 4.79 Å². The fraction of sp³-hybridized carbons (Fsp3) is 0.421. The normalized spacial score (nSPS) is 17.3. The molecule has 1 amide bonds. The van der Waals surface area contributed by atoms with Gasteiger partial charge in [-0.3, -0.25) is 19.8 Å². The van der Waals surface area contributed by atoms with Crippen molar-refractivity contribution < 1.29 is 4.79 Å². The molecule has 0 radical (unpaired) electrons. The van der Waals surface area contributed by atoms with E-state index < -0.39 is 0 Å². The molecule has 9 nitrogen and oxygen atoms in total. The minimum Gasteiger partial charge on any atom is -0.310 e. The number of nitrogens with zero attached hydrogens (tertiary/aromatic N) is 6. The van der Waals surface area contributed by atoms with E-state index in [2.05, 4.69) is 35.5 Å². The van der Waals surface area contributed by atoms with Crippen LogP contribution in [-0.4, -0.2) is 53.8 Å². The first-order chi connectivity index (χ1) is 13.6. The van der Waals surface area contributed by atoms with Gasteiger partial charge in [-0.2, -0.15) is 10.2 Å². The van der Waals surface area contributed by atoms with Gasteiger partial charge in [0.2, 0.25) is 5.91 Å². The number of likely N-dealkylation sites (tertiary alicyclic amines) is 1. The topological polar surface area (TPSA) is 105 Å². The van der Waals surface area contributed by atoms with Crippen molar-refractivity contribution in [2.24, 2.45) is 0 Å². The summed E-state index contributed by atoms with van der Waals surface area (Å²) in [5.74, 6) is 2.08. The molecule has 28 heavy (non-hydrogen) atoms. The van der Waals surface area contributed by atoms with Crippen molar-refractivity contribution in [1.82, 2.24) is 34.8 Å². The monoisotopic (exact) mass is 380 g/mol. The number of carbonyl (C=O) groups is 1. The molecule has 1 unspecified atom stereocenters. The lowest BCUT2D eigenvalue weighted by molar-refractivity contribution is -0.117. The summed E-state index contributed by atoms with van der Waals surface area (Å²) in [5, 5.41) is 14.6. The summed E-state index contributed by atoms with van der Waals surface area (Å²) < 4.78 is 1.80. The first-order valence-corrected chi connectivity index (χ1v) is 9.52. The molecule has 2 N–H and O–H groups in total. The minimum absolute atomic E-state index is 0.0543. The van der Waals surface area contributed by atoms with Gasteiger partial charge < -0.3 is 5.32 Å². The number of hydrogen-bond donors (Lipinski definition) is 2. The van der Waals surface area contributed by atoms with Gasteiger partial charge in [-0.1, -0.05) is 0 Å². The molecule has 1 aliphatic rings. The number of H-pyrrole nitrogens is 1. The van der Waals surface area contributed by atoms with Crippen LogP contribution in [0.4, 0.5) is 5.82 Å². The molecule has 3 aromatic rings. The number of amides is 1. The van der Waals surface area contributed by atoms with Crippen molar-refractivity contribution in [3.63, 3.8) is 0 Å². The highest BCUT2D eigenvalue weighted by Crippen LogP contribution is 2.30. The van der Waals surface area contributed by atoms with Gasteiger partial charge >= 0.3 is 0 Å². The van der Waals surface area contributed by atoms with Crippen LogP contribution in [0, 0.1) is 0 Å². The number of aromatic amines is 1. The summed E-state index contributed by atoms with van der Waals surface area (Å²) in [7, 11) is 0. The van der Waals surface area contributed by atoms with E-state index >= 15 is 0 Å². The Bertz CT molecular complexity index is 932. The largest absolute Gasteiger partial charge is 0.310 e. The van der Waals surface area contributed by atoms with Gasteiger partial charge in [0.25, 0.3) is 0 Å². The number of aromatic nitrogens is 6. The molecular weight excluding hydrogens is 356 g/mol. The molecule has 3 aromatic heterocycles. The quantitative estimate of drug-likeness (QED) is 0.680. The smallest absolute Gasteiger partial charge is 0.239 e. The Morgan fingerprint density at radius 2 is 2.25 bits per heavy atom. The number of pyridine rings is 1. The van der Waals surface area contributed by atoms with Crippen LogP contribution < -0.4 is 5.32 Å². The van der Waals surface area contributed by atoms with Crippen molar-refractivity contribution >= 4 is 11.7 Å². The zero-order chi connectivity index (χ0) is 19.5. The van der Waals surface area contributed by atoms with Gasteiger partial charge in [0.05, 0.1) is 18.8 Å². The number of carbonyl (C=O) groups excluding carboxylic acids is 1. The van der Waals surface area contributed by atoms with Crippen LogP contribution in [0.2, 0.25) is 0 Å². The summed E-state index contributed by atoms with van der Waals surface area (Å²) in [6.45, 7) is 5.22. The second kappa shape index (κ2) is 7.89. The maximum atomic E-state index is 12.6. The standard InChI is InChI=1S/C19H24N8O/c1-13(2)27-16(7-9-21-27)22-17(28)12-26-10-4-6-15(26)19-23-18(24-25-19)14-5-3-8-20-11-14/h3,5,7-9,11,13,15H,4,6,10,12H2,1-2H3,(H,22,28)(H,23,24,25). The molecule has 0 aromatic carbocycles. The Kier molecular flexibility index (Phi) is 5.16. The van der Waals surface area contributed by atoms with Crippen LogP contribution in [0.25, 0.3) is 11.4 Å². The summed E-state index contributed by atoms with van der Waals surface area (Å²) in [6.07, 6.45) is 7.12. The highest BCUT2D eigenvalue weighted by atomic mass is 16.2. The highest BCUT2D eigenvalue weighted by molar-refractivity contribution is 5.91. The fourth-order valence-electron chi connectivity index (χ4n) is 3.56. The highest BCUT2D eigenvalue weighted by Gasteiger charge is 2.30. The first kappa shape index (κ1) is 18.3. The van der Waals surface area contributed by atoms with E-state index in [-0.39, 0.29) is 18.0 Å². The molecule has 0 saturated carbocycles.